The molecule has 0 unspecified atom stereocenters. The molecule has 0 atom stereocenters. The molecule has 6 nitrogen and oxygen atoms in total. The second kappa shape index (κ2) is 7.65. The van der Waals surface area contributed by atoms with Gasteiger partial charge in [0.25, 0.3) is 0 Å². The highest BCUT2D eigenvalue weighted by Crippen LogP contribution is 2.33. The molecular formula is C18H18FNO5. The minimum absolute atomic E-state index is 0.0317. The average Bonchev–Trinajstić information content (AvgIpc) is 2.83. The first-order chi connectivity index (χ1) is 11.9. The van der Waals surface area contributed by atoms with Crippen molar-refractivity contribution in [3.63, 3.8) is 0 Å². The summed E-state index contributed by atoms with van der Waals surface area (Å²) in [7, 11) is 3.82. The minimum atomic E-state index is -0.810. The number of benzene rings is 1. The lowest BCUT2D eigenvalue weighted by Crippen LogP contribution is -2.27. The molecule has 0 N–H and O–H groups in total. The number of halogens is 1. The van der Waals surface area contributed by atoms with Gasteiger partial charge >= 0.3 is 11.9 Å². The van der Waals surface area contributed by atoms with Crippen molar-refractivity contribution in [1.29, 1.82) is 0 Å². The molecule has 0 saturated heterocycles. The molecule has 0 radical (unpaired) electrons. The lowest BCUT2D eigenvalue weighted by molar-refractivity contribution is -0.139. The van der Waals surface area contributed by atoms with Crippen LogP contribution in [0.1, 0.15) is 5.56 Å². The van der Waals surface area contributed by atoms with E-state index in [2.05, 4.69) is 0 Å². The Balaban J connectivity index is 2.73. The van der Waals surface area contributed by atoms with Gasteiger partial charge in [0.15, 0.2) is 0 Å². The average molecular weight is 347 g/mol. The summed E-state index contributed by atoms with van der Waals surface area (Å²) < 4.78 is 29.3. The third-order valence-corrected chi connectivity index (χ3v) is 3.61. The van der Waals surface area contributed by atoms with Gasteiger partial charge in [-0.15, -0.1) is 0 Å². The molecule has 7 heteroatoms. The smallest absolute Gasteiger partial charge is 0.355 e. The number of ether oxygens (including phenoxy) is 3. The molecule has 0 amide bonds. The summed E-state index contributed by atoms with van der Waals surface area (Å²) in [5.74, 6) is -1.71. The van der Waals surface area contributed by atoms with E-state index in [1.54, 1.807) is 19.1 Å². The van der Waals surface area contributed by atoms with Crippen molar-refractivity contribution in [2.45, 2.75) is 6.92 Å². The highest BCUT2D eigenvalue weighted by molar-refractivity contribution is 6.05. The van der Waals surface area contributed by atoms with Crippen LogP contribution in [0.25, 0.3) is 0 Å². The zero-order valence-electron chi connectivity index (χ0n) is 14.3. The predicted molar refractivity (Wildman–Crippen MR) is 89.5 cm³/mol. The number of methoxy groups -OCH3 is 3. The van der Waals surface area contributed by atoms with E-state index in [1.807, 2.05) is 0 Å². The molecule has 0 bridgehead atoms. The number of esters is 2. The molecule has 0 fully saturated rings. The number of rotatable bonds is 4. The topological polar surface area (TPSA) is 65.1 Å². The summed E-state index contributed by atoms with van der Waals surface area (Å²) >= 11 is 0. The van der Waals surface area contributed by atoms with Crippen molar-refractivity contribution in [3.05, 3.63) is 59.2 Å². The number of nitrogens with zero attached hydrogens (tertiary/aromatic N) is 1. The number of carbonyl (C=O) groups excluding carboxylic acids is 2. The number of anilines is 1. The largest absolute Gasteiger partial charge is 0.496 e. The fourth-order valence-corrected chi connectivity index (χ4v) is 2.40. The first-order valence-electron chi connectivity index (χ1n) is 7.33. The van der Waals surface area contributed by atoms with Crippen LogP contribution in [0.15, 0.2) is 47.8 Å². The van der Waals surface area contributed by atoms with Crippen LogP contribution < -0.4 is 9.64 Å². The van der Waals surface area contributed by atoms with Gasteiger partial charge in [0, 0.05) is 12.3 Å². The van der Waals surface area contributed by atoms with Crippen molar-refractivity contribution in [2.24, 2.45) is 0 Å². The Hall–Kier alpha value is -3.09. The third-order valence-electron chi connectivity index (χ3n) is 3.61. The monoisotopic (exact) mass is 347 g/mol. The van der Waals surface area contributed by atoms with Gasteiger partial charge in [-0.2, -0.15) is 0 Å². The molecule has 2 rings (SSSR count). The van der Waals surface area contributed by atoms with Gasteiger partial charge in [-0.3, -0.25) is 0 Å². The third kappa shape index (κ3) is 3.55. The predicted octanol–water partition coefficient (Wildman–Crippen LogP) is 2.63. The standard InChI is InChI=1S/C18H18FNO5/c1-11-9-13(19)14(10-15(11)23-2)20-8-6-5-7-12(17(21)24-3)16(20)18(22)25-4/h5-10H,1-4H3. The fraction of sp³-hybridized carbons (Fsp3) is 0.222. The van der Waals surface area contributed by atoms with Crippen molar-refractivity contribution in [1.82, 2.24) is 0 Å². The van der Waals surface area contributed by atoms with Crippen LogP contribution in [0.3, 0.4) is 0 Å². The van der Waals surface area contributed by atoms with Crippen LogP contribution in [0, 0.1) is 12.7 Å². The second-order valence-electron chi connectivity index (χ2n) is 5.09. The Morgan fingerprint density at radius 3 is 2.32 bits per heavy atom. The van der Waals surface area contributed by atoms with Crippen molar-refractivity contribution >= 4 is 17.6 Å². The maximum Gasteiger partial charge on any atom is 0.355 e. The maximum atomic E-state index is 14.6. The molecule has 1 aromatic carbocycles. The highest BCUT2D eigenvalue weighted by Gasteiger charge is 2.29. The molecule has 1 aliphatic rings. The van der Waals surface area contributed by atoms with Gasteiger partial charge in [-0.05, 0) is 30.7 Å². The Bertz CT molecular complexity index is 795. The summed E-state index contributed by atoms with van der Waals surface area (Å²) in [6.45, 7) is 1.70. The highest BCUT2D eigenvalue weighted by atomic mass is 19.1. The van der Waals surface area contributed by atoms with Gasteiger partial charge in [-0.1, -0.05) is 6.08 Å². The Kier molecular flexibility index (Phi) is 5.59. The zero-order valence-corrected chi connectivity index (χ0v) is 14.3. The second-order valence-corrected chi connectivity index (χ2v) is 5.09. The zero-order chi connectivity index (χ0) is 18.6. The number of hydrogen-bond acceptors (Lipinski definition) is 6. The van der Waals surface area contributed by atoms with E-state index >= 15 is 0 Å². The van der Waals surface area contributed by atoms with Crippen LogP contribution in [-0.2, 0) is 19.1 Å². The lowest BCUT2D eigenvalue weighted by atomic mass is 10.1. The van der Waals surface area contributed by atoms with E-state index in [9.17, 15) is 14.0 Å². The van der Waals surface area contributed by atoms with Gasteiger partial charge in [0.05, 0.1) is 32.6 Å². The summed E-state index contributed by atoms with van der Waals surface area (Å²) in [5, 5.41) is 0. The van der Waals surface area contributed by atoms with Crippen molar-refractivity contribution in [2.75, 3.05) is 26.2 Å². The summed E-state index contributed by atoms with van der Waals surface area (Å²) in [5.41, 5.74) is 0.407. The van der Waals surface area contributed by atoms with E-state index in [4.69, 9.17) is 14.2 Å². The van der Waals surface area contributed by atoms with Crippen LogP contribution in [0.2, 0.25) is 0 Å². The molecule has 0 spiro atoms. The van der Waals surface area contributed by atoms with Crippen molar-refractivity contribution in [3.8, 4) is 5.75 Å². The maximum absolute atomic E-state index is 14.6. The molecule has 25 heavy (non-hydrogen) atoms. The van der Waals surface area contributed by atoms with E-state index in [0.717, 1.165) is 0 Å². The quantitative estimate of drug-likeness (QED) is 0.780. The Morgan fingerprint density at radius 1 is 1.04 bits per heavy atom. The van der Waals surface area contributed by atoms with E-state index in [1.165, 1.54) is 50.6 Å². The van der Waals surface area contributed by atoms with Gasteiger partial charge in [-0.25, -0.2) is 14.0 Å². The number of carbonyl (C=O) groups is 2. The lowest BCUT2D eigenvalue weighted by Gasteiger charge is -2.24. The van der Waals surface area contributed by atoms with E-state index < -0.39 is 17.8 Å². The van der Waals surface area contributed by atoms with Crippen molar-refractivity contribution < 1.29 is 28.2 Å². The first-order valence-corrected chi connectivity index (χ1v) is 7.33. The number of allylic oxidation sites excluding steroid dienone is 2. The van der Waals surface area contributed by atoms with Crippen LogP contribution in [0.5, 0.6) is 5.75 Å². The molecule has 0 aliphatic carbocycles. The van der Waals surface area contributed by atoms with Gasteiger partial charge in [0.1, 0.15) is 17.3 Å². The van der Waals surface area contributed by atoms with Crippen LogP contribution >= 0.6 is 0 Å². The summed E-state index contributed by atoms with van der Waals surface area (Å²) in [6, 6.07) is 2.73. The molecule has 0 saturated carbocycles. The Morgan fingerprint density at radius 2 is 1.72 bits per heavy atom. The van der Waals surface area contributed by atoms with Crippen LogP contribution in [-0.4, -0.2) is 33.3 Å². The van der Waals surface area contributed by atoms with Crippen LogP contribution in [0.4, 0.5) is 10.1 Å². The molecular weight excluding hydrogens is 329 g/mol. The molecule has 0 aromatic heterocycles. The number of aryl methyl sites for hydroxylation is 1. The van der Waals surface area contributed by atoms with Gasteiger partial charge < -0.3 is 19.1 Å². The number of hydrogen-bond donors (Lipinski definition) is 0. The van der Waals surface area contributed by atoms with E-state index in [-0.39, 0.29) is 17.0 Å². The van der Waals surface area contributed by atoms with E-state index in [0.29, 0.717) is 11.3 Å². The molecule has 1 heterocycles. The normalized spacial score (nSPS) is 13.6. The molecule has 1 aliphatic heterocycles. The summed E-state index contributed by atoms with van der Waals surface area (Å²) in [6.07, 6.45) is 5.95. The minimum Gasteiger partial charge on any atom is -0.496 e. The Labute approximate surface area is 144 Å². The fourth-order valence-electron chi connectivity index (χ4n) is 2.40. The molecule has 1 aromatic rings. The molecule has 132 valence electrons. The first kappa shape index (κ1) is 18.3. The summed E-state index contributed by atoms with van der Waals surface area (Å²) in [4.78, 5) is 25.6. The SMILES string of the molecule is COC(=O)C1=C(C(=O)OC)N(c2cc(OC)c(C)cc2F)C=CC=C1. The van der Waals surface area contributed by atoms with Gasteiger partial charge in [0.2, 0.25) is 0 Å².